The summed E-state index contributed by atoms with van der Waals surface area (Å²) in [5.74, 6) is 1.48. The number of nitrogens with one attached hydrogen (secondary N) is 2. The summed E-state index contributed by atoms with van der Waals surface area (Å²) in [5, 5.41) is 6.26. The predicted octanol–water partition coefficient (Wildman–Crippen LogP) is 4.00. The second kappa shape index (κ2) is 8.19. The van der Waals surface area contributed by atoms with Gasteiger partial charge in [0.05, 0.1) is 24.3 Å². The van der Waals surface area contributed by atoms with Crippen LogP contribution in [0.2, 0.25) is 0 Å². The molecular formula is C20H22N2O3S. The van der Waals surface area contributed by atoms with E-state index in [2.05, 4.69) is 10.6 Å². The largest absolute Gasteiger partial charge is 0.495 e. The Morgan fingerprint density at radius 1 is 1.23 bits per heavy atom. The monoisotopic (exact) mass is 370 g/mol. The summed E-state index contributed by atoms with van der Waals surface area (Å²) >= 11 is 1.45. The molecule has 0 radical (unpaired) electrons. The minimum absolute atomic E-state index is 0.0898. The van der Waals surface area contributed by atoms with Crippen molar-refractivity contribution in [3.05, 3.63) is 58.5 Å². The number of rotatable bonds is 6. The molecule has 1 aliphatic rings. The molecule has 2 aromatic carbocycles. The van der Waals surface area contributed by atoms with Crippen LogP contribution >= 0.6 is 11.8 Å². The highest BCUT2D eigenvalue weighted by Crippen LogP contribution is 2.33. The fourth-order valence-corrected chi connectivity index (χ4v) is 3.60. The molecule has 1 aliphatic heterocycles. The Bertz CT molecular complexity index is 818. The van der Waals surface area contributed by atoms with Crippen molar-refractivity contribution in [3.8, 4) is 11.5 Å². The lowest BCUT2D eigenvalue weighted by Gasteiger charge is -2.16. The zero-order valence-electron chi connectivity index (χ0n) is 15.0. The van der Waals surface area contributed by atoms with Crippen LogP contribution in [0.1, 0.15) is 18.1 Å². The Labute approximate surface area is 157 Å². The third kappa shape index (κ3) is 4.32. The van der Waals surface area contributed by atoms with Crippen LogP contribution in [0.3, 0.4) is 0 Å². The lowest BCUT2D eigenvalue weighted by Crippen LogP contribution is -2.31. The molecule has 1 saturated heterocycles. The quantitative estimate of drug-likeness (QED) is 0.753. The lowest BCUT2D eigenvalue weighted by atomic mass is 10.2. The number of amides is 1. The zero-order chi connectivity index (χ0) is 18.5. The van der Waals surface area contributed by atoms with E-state index < -0.39 is 0 Å². The molecule has 1 amide bonds. The van der Waals surface area contributed by atoms with Gasteiger partial charge in [-0.1, -0.05) is 30.0 Å². The summed E-state index contributed by atoms with van der Waals surface area (Å²) in [5.41, 5.74) is 2.69. The summed E-state index contributed by atoms with van der Waals surface area (Å²) < 4.78 is 10.8. The van der Waals surface area contributed by atoms with E-state index >= 15 is 0 Å². The third-order valence-corrected chi connectivity index (χ3v) is 4.89. The Hall–Kier alpha value is -2.60. The first-order valence-corrected chi connectivity index (χ1v) is 9.30. The predicted molar refractivity (Wildman–Crippen MR) is 106 cm³/mol. The van der Waals surface area contributed by atoms with E-state index in [0.717, 1.165) is 28.3 Å². The van der Waals surface area contributed by atoms with Crippen molar-refractivity contribution in [1.82, 2.24) is 5.32 Å². The fourth-order valence-electron chi connectivity index (χ4n) is 2.62. The maximum atomic E-state index is 12.3. The van der Waals surface area contributed by atoms with Crippen LogP contribution in [-0.2, 0) is 4.79 Å². The normalized spacial score (nSPS) is 17.9. The van der Waals surface area contributed by atoms with Gasteiger partial charge < -0.3 is 20.1 Å². The summed E-state index contributed by atoms with van der Waals surface area (Å²) in [4.78, 5) is 12.9. The minimum Gasteiger partial charge on any atom is -0.495 e. The number of benzene rings is 2. The maximum absolute atomic E-state index is 12.3. The standard InChI is InChI=1S/C20H22N2O3S/c1-4-25-15-8-6-14(7-9-15)12-18-19(23)22-20(26-18)21-16-11-13(2)5-10-17(16)24-3/h5-12,20-21H,4H2,1-3H3,(H,22,23)/b18-12-. The first-order chi connectivity index (χ1) is 12.6. The number of carbonyl (C=O) groups is 1. The van der Waals surface area contributed by atoms with Crippen molar-refractivity contribution in [2.24, 2.45) is 0 Å². The molecule has 1 fully saturated rings. The first kappa shape index (κ1) is 18.2. The van der Waals surface area contributed by atoms with E-state index in [1.807, 2.05) is 62.4 Å². The minimum atomic E-state index is -0.243. The second-order valence-corrected chi connectivity index (χ2v) is 6.98. The average Bonchev–Trinajstić information content (AvgIpc) is 2.96. The van der Waals surface area contributed by atoms with Gasteiger partial charge in [-0.2, -0.15) is 0 Å². The van der Waals surface area contributed by atoms with Gasteiger partial charge in [0.25, 0.3) is 5.91 Å². The Morgan fingerprint density at radius 2 is 2.00 bits per heavy atom. The number of thioether (sulfide) groups is 1. The number of hydrogen-bond acceptors (Lipinski definition) is 5. The Balaban J connectivity index is 1.71. The molecule has 2 N–H and O–H groups in total. The topological polar surface area (TPSA) is 59.6 Å². The van der Waals surface area contributed by atoms with Crippen molar-refractivity contribution >= 4 is 29.4 Å². The van der Waals surface area contributed by atoms with E-state index in [1.165, 1.54) is 11.8 Å². The molecule has 0 aliphatic carbocycles. The Morgan fingerprint density at radius 3 is 2.69 bits per heavy atom. The van der Waals surface area contributed by atoms with Gasteiger partial charge in [-0.15, -0.1) is 0 Å². The molecule has 0 aromatic heterocycles. The van der Waals surface area contributed by atoms with E-state index in [9.17, 15) is 4.79 Å². The number of ether oxygens (including phenoxy) is 2. The van der Waals surface area contributed by atoms with Gasteiger partial charge in [-0.25, -0.2) is 0 Å². The van der Waals surface area contributed by atoms with Crippen LogP contribution in [0.25, 0.3) is 6.08 Å². The number of methoxy groups -OCH3 is 1. The van der Waals surface area contributed by atoms with Gasteiger partial charge >= 0.3 is 0 Å². The number of carbonyl (C=O) groups excluding carboxylic acids is 1. The molecule has 3 rings (SSSR count). The molecule has 136 valence electrons. The molecule has 0 bridgehead atoms. The first-order valence-electron chi connectivity index (χ1n) is 8.42. The molecule has 1 unspecified atom stereocenters. The molecule has 1 heterocycles. The van der Waals surface area contributed by atoms with Crippen LogP contribution < -0.4 is 20.1 Å². The SMILES string of the molecule is CCOc1ccc(/C=C2\SC(Nc3cc(C)ccc3OC)NC2=O)cc1. The van der Waals surface area contributed by atoms with Crippen LogP contribution in [0.5, 0.6) is 11.5 Å². The molecule has 6 heteroatoms. The van der Waals surface area contributed by atoms with Crippen LogP contribution in [0.15, 0.2) is 47.4 Å². The van der Waals surface area contributed by atoms with Gasteiger partial charge in [0, 0.05) is 0 Å². The second-order valence-electron chi connectivity index (χ2n) is 5.83. The highest BCUT2D eigenvalue weighted by atomic mass is 32.2. The molecular weight excluding hydrogens is 348 g/mol. The fraction of sp³-hybridized carbons (Fsp3) is 0.250. The highest BCUT2D eigenvalue weighted by Gasteiger charge is 2.27. The van der Waals surface area contributed by atoms with Gasteiger partial charge in [0.15, 0.2) is 5.50 Å². The number of hydrogen-bond donors (Lipinski definition) is 2. The smallest absolute Gasteiger partial charge is 0.260 e. The van der Waals surface area contributed by atoms with E-state index in [-0.39, 0.29) is 11.4 Å². The molecule has 2 aromatic rings. The van der Waals surface area contributed by atoms with Crippen LogP contribution in [0.4, 0.5) is 5.69 Å². The average molecular weight is 370 g/mol. The van der Waals surface area contributed by atoms with Crippen LogP contribution in [-0.4, -0.2) is 25.1 Å². The number of aryl methyl sites for hydroxylation is 1. The third-order valence-electron chi connectivity index (χ3n) is 3.86. The van der Waals surface area contributed by atoms with Crippen molar-refractivity contribution in [3.63, 3.8) is 0 Å². The van der Waals surface area contributed by atoms with E-state index in [0.29, 0.717) is 11.5 Å². The number of anilines is 1. The van der Waals surface area contributed by atoms with Gasteiger partial charge in [-0.3, -0.25) is 4.79 Å². The Kier molecular flexibility index (Phi) is 5.73. The van der Waals surface area contributed by atoms with E-state index in [4.69, 9.17) is 9.47 Å². The van der Waals surface area contributed by atoms with Gasteiger partial charge in [-0.05, 0) is 55.3 Å². The zero-order valence-corrected chi connectivity index (χ0v) is 15.9. The summed E-state index contributed by atoms with van der Waals surface area (Å²) in [6.07, 6.45) is 1.88. The summed E-state index contributed by atoms with van der Waals surface area (Å²) in [7, 11) is 1.63. The summed E-state index contributed by atoms with van der Waals surface area (Å²) in [6.45, 7) is 4.60. The van der Waals surface area contributed by atoms with Crippen molar-refractivity contribution in [2.75, 3.05) is 19.0 Å². The lowest BCUT2D eigenvalue weighted by molar-refractivity contribution is -0.116. The van der Waals surface area contributed by atoms with Crippen molar-refractivity contribution < 1.29 is 14.3 Å². The van der Waals surface area contributed by atoms with E-state index in [1.54, 1.807) is 7.11 Å². The highest BCUT2D eigenvalue weighted by molar-refractivity contribution is 8.05. The summed E-state index contributed by atoms with van der Waals surface area (Å²) in [6, 6.07) is 13.6. The van der Waals surface area contributed by atoms with Crippen LogP contribution in [0, 0.1) is 6.92 Å². The van der Waals surface area contributed by atoms with Gasteiger partial charge in [0.1, 0.15) is 11.5 Å². The molecule has 0 saturated carbocycles. The van der Waals surface area contributed by atoms with Gasteiger partial charge in [0.2, 0.25) is 0 Å². The molecule has 0 spiro atoms. The maximum Gasteiger partial charge on any atom is 0.260 e. The molecule has 5 nitrogen and oxygen atoms in total. The van der Waals surface area contributed by atoms with Crippen molar-refractivity contribution in [2.45, 2.75) is 19.3 Å². The molecule has 26 heavy (non-hydrogen) atoms. The molecule has 1 atom stereocenters. The van der Waals surface area contributed by atoms with Crippen molar-refractivity contribution in [1.29, 1.82) is 0 Å².